The van der Waals surface area contributed by atoms with Gasteiger partial charge in [-0.15, -0.1) is 0 Å². The maximum absolute atomic E-state index is 12.4. The van der Waals surface area contributed by atoms with Gasteiger partial charge in [0.25, 0.3) is 5.91 Å². The molecule has 0 spiro atoms. The van der Waals surface area contributed by atoms with E-state index in [2.05, 4.69) is 10.3 Å². The number of hydrogen-bond acceptors (Lipinski definition) is 5. The van der Waals surface area contributed by atoms with Crippen LogP contribution in [0.15, 0.2) is 36.8 Å². The van der Waals surface area contributed by atoms with Crippen LogP contribution in [0.2, 0.25) is 0 Å². The monoisotopic (exact) mass is 344 g/mol. The van der Waals surface area contributed by atoms with Crippen molar-refractivity contribution in [1.29, 1.82) is 0 Å². The van der Waals surface area contributed by atoms with E-state index in [1.54, 1.807) is 42.2 Å². The molecule has 1 fully saturated rings. The zero-order chi connectivity index (χ0) is 17.8. The van der Waals surface area contributed by atoms with Gasteiger partial charge < -0.3 is 25.1 Å². The molecule has 3 rings (SSSR count). The lowest BCUT2D eigenvalue weighted by Crippen LogP contribution is -2.51. The van der Waals surface area contributed by atoms with Crippen molar-refractivity contribution < 1.29 is 19.1 Å². The molecule has 8 nitrogen and oxygen atoms in total. The second kappa shape index (κ2) is 7.35. The Labute approximate surface area is 144 Å². The molecule has 132 valence electrons. The Morgan fingerprint density at radius 1 is 1.36 bits per heavy atom. The molecular formula is C17H20N4O4. The number of nitrogens with zero attached hydrogens (tertiary/aromatic N) is 2. The summed E-state index contributed by atoms with van der Waals surface area (Å²) >= 11 is 0. The van der Waals surface area contributed by atoms with Crippen LogP contribution in [0.4, 0.5) is 0 Å². The smallest absolute Gasteiger partial charge is 0.269 e. The number of aromatic nitrogens is 2. The molecule has 1 aromatic heterocycles. The number of nitrogens with two attached hydrogens (primary N) is 1. The summed E-state index contributed by atoms with van der Waals surface area (Å²) < 4.78 is 13.1. The summed E-state index contributed by atoms with van der Waals surface area (Å²) in [4.78, 5) is 27.5. The predicted octanol–water partition coefficient (Wildman–Crippen LogP) is 0.485. The minimum atomic E-state index is -0.492. The van der Waals surface area contributed by atoms with Gasteiger partial charge in [-0.3, -0.25) is 9.59 Å². The summed E-state index contributed by atoms with van der Waals surface area (Å²) in [7, 11) is 1.76. The quantitative estimate of drug-likeness (QED) is 0.820. The van der Waals surface area contributed by atoms with Crippen LogP contribution in [0.1, 0.15) is 27.3 Å². The van der Waals surface area contributed by atoms with Gasteiger partial charge in [0.2, 0.25) is 5.91 Å². The maximum Gasteiger partial charge on any atom is 0.269 e. The molecule has 0 aliphatic carbocycles. The van der Waals surface area contributed by atoms with Gasteiger partial charge in [-0.25, -0.2) is 4.98 Å². The normalized spacial score (nSPS) is 20.0. The van der Waals surface area contributed by atoms with Gasteiger partial charge in [-0.05, 0) is 30.7 Å². The fourth-order valence-corrected chi connectivity index (χ4v) is 2.68. The van der Waals surface area contributed by atoms with Gasteiger partial charge in [0.1, 0.15) is 17.5 Å². The van der Waals surface area contributed by atoms with Crippen molar-refractivity contribution in [2.75, 3.05) is 13.2 Å². The highest BCUT2D eigenvalue weighted by Crippen LogP contribution is 2.19. The third-order valence-electron chi connectivity index (χ3n) is 4.10. The SMILES string of the molecule is Cn1cncc1C(=O)N[C@@H]1CCOC[C@H]1Oc1ccc(C(N)=O)cc1. The van der Waals surface area contributed by atoms with Gasteiger partial charge >= 0.3 is 0 Å². The number of imidazole rings is 1. The molecule has 1 aliphatic heterocycles. The van der Waals surface area contributed by atoms with Crippen LogP contribution in [-0.2, 0) is 11.8 Å². The Hall–Kier alpha value is -2.87. The van der Waals surface area contributed by atoms with Crippen molar-refractivity contribution in [1.82, 2.24) is 14.9 Å². The van der Waals surface area contributed by atoms with Crippen molar-refractivity contribution >= 4 is 11.8 Å². The molecule has 8 heteroatoms. The van der Waals surface area contributed by atoms with E-state index in [0.29, 0.717) is 36.6 Å². The third-order valence-corrected chi connectivity index (χ3v) is 4.10. The molecule has 0 unspecified atom stereocenters. The minimum absolute atomic E-state index is 0.188. The van der Waals surface area contributed by atoms with Crippen molar-refractivity contribution in [2.24, 2.45) is 12.8 Å². The summed E-state index contributed by atoms with van der Waals surface area (Å²) in [6, 6.07) is 6.37. The summed E-state index contributed by atoms with van der Waals surface area (Å²) in [5.41, 5.74) is 6.12. The average Bonchev–Trinajstić information content (AvgIpc) is 3.03. The number of carbonyl (C=O) groups excluding carboxylic acids is 2. The number of benzene rings is 1. The number of rotatable bonds is 5. The van der Waals surface area contributed by atoms with E-state index in [-0.39, 0.29) is 18.1 Å². The van der Waals surface area contributed by atoms with E-state index in [1.807, 2.05) is 0 Å². The number of aryl methyl sites for hydroxylation is 1. The lowest BCUT2D eigenvalue weighted by atomic mass is 10.1. The van der Waals surface area contributed by atoms with Crippen LogP contribution in [0.5, 0.6) is 5.75 Å². The van der Waals surface area contributed by atoms with Crippen LogP contribution in [-0.4, -0.2) is 46.7 Å². The molecule has 2 aromatic rings. The van der Waals surface area contributed by atoms with E-state index in [9.17, 15) is 9.59 Å². The zero-order valence-electron chi connectivity index (χ0n) is 13.8. The third kappa shape index (κ3) is 3.97. The molecule has 0 bridgehead atoms. The first kappa shape index (κ1) is 17.0. The van der Waals surface area contributed by atoms with Gasteiger partial charge in [-0.1, -0.05) is 0 Å². The molecular weight excluding hydrogens is 324 g/mol. The first-order valence-corrected chi connectivity index (χ1v) is 7.96. The molecule has 2 amide bonds. The molecule has 1 aromatic carbocycles. The largest absolute Gasteiger partial charge is 0.486 e. The standard InChI is InChI=1S/C17H20N4O4/c1-21-10-19-8-14(21)17(23)20-13-6-7-24-9-15(13)25-12-4-2-11(3-5-12)16(18)22/h2-5,8,10,13,15H,6-7,9H2,1H3,(H2,18,22)(H,20,23)/t13-,15-/m1/s1. The molecule has 2 heterocycles. The van der Waals surface area contributed by atoms with Gasteiger partial charge in [0.05, 0.1) is 25.2 Å². The Morgan fingerprint density at radius 3 is 2.76 bits per heavy atom. The topological polar surface area (TPSA) is 108 Å². The fourth-order valence-electron chi connectivity index (χ4n) is 2.68. The van der Waals surface area contributed by atoms with Crippen LogP contribution in [0.3, 0.4) is 0 Å². The second-order valence-corrected chi connectivity index (χ2v) is 5.88. The second-order valence-electron chi connectivity index (χ2n) is 5.88. The highest BCUT2D eigenvalue weighted by molar-refractivity contribution is 5.93. The molecule has 1 saturated heterocycles. The van der Waals surface area contributed by atoms with Crippen LogP contribution in [0.25, 0.3) is 0 Å². The van der Waals surface area contributed by atoms with E-state index in [4.69, 9.17) is 15.2 Å². The van der Waals surface area contributed by atoms with Gasteiger partial charge in [0, 0.05) is 19.2 Å². The first-order chi connectivity index (χ1) is 12.0. The van der Waals surface area contributed by atoms with Crippen molar-refractivity contribution in [2.45, 2.75) is 18.6 Å². The predicted molar refractivity (Wildman–Crippen MR) is 89.3 cm³/mol. The summed E-state index contributed by atoms with van der Waals surface area (Å²) in [5, 5.41) is 2.98. The van der Waals surface area contributed by atoms with Crippen LogP contribution >= 0.6 is 0 Å². The number of hydrogen-bond donors (Lipinski definition) is 2. The van der Waals surface area contributed by atoms with Crippen molar-refractivity contribution in [3.63, 3.8) is 0 Å². The Kier molecular flexibility index (Phi) is 4.99. The first-order valence-electron chi connectivity index (χ1n) is 7.96. The van der Waals surface area contributed by atoms with Gasteiger partial charge in [-0.2, -0.15) is 0 Å². The van der Waals surface area contributed by atoms with E-state index in [1.165, 1.54) is 6.20 Å². The van der Waals surface area contributed by atoms with E-state index in [0.717, 1.165) is 0 Å². The van der Waals surface area contributed by atoms with E-state index >= 15 is 0 Å². The molecule has 2 atom stereocenters. The number of nitrogens with one attached hydrogen (secondary N) is 1. The number of ether oxygens (including phenoxy) is 2. The zero-order valence-corrected chi connectivity index (χ0v) is 13.8. The molecule has 1 aliphatic rings. The number of amides is 2. The summed E-state index contributed by atoms with van der Waals surface area (Å²) in [6.07, 6.45) is 3.42. The average molecular weight is 344 g/mol. The van der Waals surface area contributed by atoms with Crippen molar-refractivity contribution in [3.8, 4) is 5.75 Å². The minimum Gasteiger partial charge on any atom is -0.486 e. The van der Waals surface area contributed by atoms with E-state index < -0.39 is 5.91 Å². The molecule has 3 N–H and O–H groups in total. The van der Waals surface area contributed by atoms with Crippen molar-refractivity contribution in [3.05, 3.63) is 48.0 Å². The van der Waals surface area contributed by atoms with Crippen LogP contribution < -0.4 is 15.8 Å². The maximum atomic E-state index is 12.4. The summed E-state index contributed by atoms with van der Waals surface area (Å²) in [5.74, 6) is -0.112. The summed E-state index contributed by atoms with van der Waals surface area (Å²) in [6.45, 7) is 0.921. The van der Waals surface area contributed by atoms with Gasteiger partial charge in [0.15, 0.2) is 0 Å². The number of primary amides is 1. The Bertz CT molecular complexity index is 756. The fraction of sp³-hybridized carbons (Fsp3) is 0.353. The number of carbonyl (C=O) groups is 2. The Morgan fingerprint density at radius 2 is 2.12 bits per heavy atom. The molecule has 0 saturated carbocycles. The highest BCUT2D eigenvalue weighted by Gasteiger charge is 2.29. The Balaban J connectivity index is 1.67. The molecule has 25 heavy (non-hydrogen) atoms. The molecule has 0 radical (unpaired) electrons. The lowest BCUT2D eigenvalue weighted by molar-refractivity contribution is -0.0135. The highest BCUT2D eigenvalue weighted by atomic mass is 16.5. The lowest BCUT2D eigenvalue weighted by Gasteiger charge is -2.32. The van der Waals surface area contributed by atoms with Crippen LogP contribution in [0, 0.1) is 0 Å².